The van der Waals surface area contributed by atoms with E-state index in [-0.39, 0.29) is 24.3 Å². The summed E-state index contributed by atoms with van der Waals surface area (Å²) >= 11 is 0. The van der Waals surface area contributed by atoms with Crippen molar-refractivity contribution in [2.75, 3.05) is 0 Å². The van der Waals surface area contributed by atoms with E-state index in [2.05, 4.69) is 41.5 Å². The first kappa shape index (κ1) is 25.7. The van der Waals surface area contributed by atoms with E-state index in [9.17, 15) is 9.59 Å². The Morgan fingerprint density at radius 2 is 1.70 bits per heavy atom. The molecule has 0 saturated carbocycles. The van der Waals surface area contributed by atoms with Crippen LogP contribution in [0.3, 0.4) is 0 Å². The Kier molecular flexibility index (Phi) is 6.76. The minimum atomic E-state index is -0.678. The fourth-order valence-corrected chi connectivity index (χ4v) is 5.94. The predicted molar refractivity (Wildman–Crippen MR) is 157 cm³/mol. The molecule has 5 aromatic rings. The maximum absolute atomic E-state index is 14.2. The smallest absolute Gasteiger partial charge is 0.255 e. The van der Waals surface area contributed by atoms with E-state index in [1.165, 1.54) is 0 Å². The number of aromatic nitrogens is 1. The second kappa shape index (κ2) is 10.5. The number of aryl methyl sites for hydroxylation is 1. The molecule has 2 aromatic heterocycles. The summed E-state index contributed by atoms with van der Waals surface area (Å²) in [4.78, 5) is 33.7. The second-order valence-corrected chi connectivity index (χ2v) is 10.6. The Morgan fingerprint density at radius 3 is 2.45 bits per heavy atom. The lowest BCUT2D eigenvalue weighted by Gasteiger charge is -2.36. The molecule has 3 heterocycles. The van der Waals surface area contributed by atoms with Crippen molar-refractivity contribution in [3.63, 3.8) is 0 Å². The zero-order chi connectivity index (χ0) is 27.8. The van der Waals surface area contributed by atoms with Crippen LogP contribution in [0.1, 0.15) is 59.3 Å². The molecule has 3 aromatic carbocycles. The first-order valence-electron chi connectivity index (χ1n) is 13.9. The molecule has 0 spiro atoms. The third-order valence-corrected chi connectivity index (χ3v) is 8.06. The summed E-state index contributed by atoms with van der Waals surface area (Å²) in [6, 6.07) is 28.7. The zero-order valence-electron chi connectivity index (χ0n) is 23.0. The summed E-state index contributed by atoms with van der Waals surface area (Å²) in [5, 5.41) is 4.10. The number of furan rings is 1. The van der Waals surface area contributed by atoms with Crippen molar-refractivity contribution < 1.29 is 14.0 Å². The van der Waals surface area contributed by atoms with Gasteiger partial charge in [-0.25, -0.2) is 0 Å². The normalized spacial score (nSPS) is 16.2. The largest absolute Gasteiger partial charge is 0.465 e. The van der Waals surface area contributed by atoms with Crippen molar-refractivity contribution in [1.82, 2.24) is 15.2 Å². The van der Waals surface area contributed by atoms with Crippen molar-refractivity contribution >= 4 is 22.7 Å². The SMILES string of the molecule is CCC(C)C(C(=O)NCc1ccc(C)o1)N1C(=O)c2ccccc2C1c1c(-c2ccccc2)[nH]c2ccccc12. The van der Waals surface area contributed by atoms with Gasteiger partial charge in [-0.2, -0.15) is 0 Å². The first-order valence-corrected chi connectivity index (χ1v) is 13.9. The topological polar surface area (TPSA) is 78.3 Å². The van der Waals surface area contributed by atoms with E-state index in [1.54, 1.807) is 0 Å². The lowest BCUT2D eigenvalue weighted by Crippen LogP contribution is -2.51. The van der Waals surface area contributed by atoms with E-state index in [0.29, 0.717) is 11.3 Å². The van der Waals surface area contributed by atoms with Gasteiger partial charge in [0.05, 0.1) is 18.3 Å². The summed E-state index contributed by atoms with van der Waals surface area (Å²) in [5.74, 6) is 1.09. The molecule has 40 heavy (non-hydrogen) atoms. The molecule has 0 aliphatic carbocycles. The van der Waals surface area contributed by atoms with Crippen LogP contribution in [-0.4, -0.2) is 27.7 Å². The van der Waals surface area contributed by atoms with Crippen LogP contribution >= 0.6 is 0 Å². The van der Waals surface area contributed by atoms with Gasteiger partial charge in [0.15, 0.2) is 0 Å². The van der Waals surface area contributed by atoms with Crippen molar-refractivity contribution in [2.45, 2.75) is 45.8 Å². The highest BCUT2D eigenvalue weighted by Gasteiger charge is 2.47. The fourth-order valence-electron chi connectivity index (χ4n) is 5.94. The summed E-state index contributed by atoms with van der Waals surface area (Å²) in [6.45, 7) is 6.25. The van der Waals surface area contributed by atoms with E-state index in [4.69, 9.17) is 4.42 Å². The number of nitrogens with zero attached hydrogens (tertiary/aromatic N) is 1. The molecule has 202 valence electrons. The molecule has 3 unspecified atom stereocenters. The van der Waals surface area contributed by atoms with Gasteiger partial charge in [0, 0.05) is 22.0 Å². The lowest BCUT2D eigenvalue weighted by atomic mass is 9.90. The Hall–Kier alpha value is -4.58. The molecule has 2 amide bonds. The lowest BCUT2D eigenvalue weighted by molar-refractivity contribution is -0.128. The number of benzene rings is 3. The van der Waals surface area contributed by atoms with Crippen LogP contribution in [0.4, 0.5) is 0 Å². The van der Waals surface area contributed by atoms with Crippen LogP contribution in [0.15, 0.2) is 95.4 Å². The predicted octanol–water partition coefficient (Wildman–Crippen LogP) is 7.01. The molecule has 6 heteroatoms. The number of hydrogen-bond donors (Lipinski definition) is 2. The molecule has 3 atom stereocenters. The fraction of sp³-hybridized carbons (Fsp3) is 0.235. The molecule has 0 bridgehead atoms. The van der Waals surface area contributed by atoms with Crippen molar-refractivity contribution in [3.8, 4) is 11.3 Å². The van der Waals surface area contributed by atoms with Crippen LogP contribution < -0.4 is 5.32 Å². The number of amides is 2. The molecule has 1 aliphatic heterocycles. The molecular formula is C34H33N3O3. The number of hydrogen-bond acceptors (Lipinski definition) is 3. The van der Waals surface area contributed by atoms with Crippen molar-refractivity contribution in [3.05, 3.63) is 119 Å². The monoisotopic (exact) mass is 531 g/mol. The van der Waals surface area contributed by atoms with Gasteiger partial charge in [-0.05, 0) is 48.2 Å². The molecule has 0 radical (unpaired) electrons. The highest BCUT2D eigenvalue weighted by molar-refractivity contribution is 6.04. The number of nitrogens with one attached hydrogen (secondary N) is 2. The standard InChI is InChI=1S/C34H33N3O3/c1-4-21(2)31(33(38)35-20-24-19-18-22(3)40-24)37-32(25-14-8-9-15-26(25)34(37)39)29-27-16-10-11-17-28(27)36-30(29)23-12-6-5-7-13-23/h5-19,21,31-32,36H,4,20H2,1-3H3,(H,35,38). The summed E-state index contributed by atoms with van der Waals surface area (Å²) < 4.78 is 5.69. The van der Waals surface area contributed by atoms with Crippen LogP contribution in [0.2, 0.25) is 0 Å². The van der Waals surface area contributed by atoms with E-state index >= 15 is 0 Å². The molecule has 1 aliphatic rings. The van der Waals surface area contributed by atoms with Gasteiger partial charge in [-0.1, -0.05) is 87.0 Å². The molecular weight excluding hydrogens is 498 g/mol. The maximum Gasteiger partial charge on any atom is 0.255 e. The summed E-state index contributed by atoms with van der Waals surface area (Å²) in [7, 11) is 0. The number of carbonyl (C=O) groups excluding carboxylic acids is 2. The molecule has 0 saturated heterocycles. The number of H-pyrrole nitrogens is 1. The van der Waals surface area contributed by atoms with Crippen molar-refractivity contribution in [2.24, 2.45) is 5.92 Å². The Bertz CT molecular complexity index is 1680. The highest BCUT2D eigenvalue weighted by Crippen LogP contribution is 2.47. The third-order valence-electron chi connectivity index (χ3n) is 8.06. The van der Waals surface area contributed by atoms with E-state index < -0.39 is 12.1 Å². The minimum absolute atomic E-state index is 0.0792. The van der Waals surface area contributed by atoms with Gasteiger partial charge in [0.25, 0.3) is 5.91 Å². The summed E-state index contributed by atoms with van der Waals surface area (Å²) in [6.07, 6.45) is 0.740. The van der Waals surface area contributed by atoms with Crippen LogP contribution in [0, 0.1) is 12.8 Å². The second-order valence-electron chi connectivity index (χ2n) is 10.6. The van der Waals surface area contributed by atoms with Crippen LogP contribution in [0.5, 0.6) is 0 Å². The van der Waals surface area contributed by atoms with Gasteiger partial charge in [-0.15, -0.1) is 0 Å². The number of aromatic amines is 1. The number of carbonyl (C=O) groups is 2. The zero-order valence-corrected chi connectivity index (χ0v) is 23.0. The van der Waals surface area contributed by atoms with Crippen molar-refractivity contribution in [1.29, 1.82) is 0 Å². The average molecular weight is 532 g/mol. The maximum atomic E-state index is 14.2. The van der Waals surface area contributed by atoms with Gasteiger partial charge in [-0.3, -0.25) is 9.59 Å². The summed E-state index contributed by atoms with van der Waals surface area (Å²) in [5.41, 5.74) is 5.53. The van der Waals surface area contributed by atoms with Gasteiger partial charge in [0.1, 0.15) is 17.6 Å². The molecule has 0 fully saturated rings. The molecule has 6 nitrogen and oxygen atoms in total. The first-order chi connectivity index (χ1) is 19.5. The molecule has 2 N–H and O–H groups in total. The van der Waals surface area contributed by atoms with Gasteiger partial charge >= 0.3 is 0 Å². The van der Waals surface area contributed by atoms with Gasteiger partial charge in [0.2, 0.25) is 5.91 Å². The van der Waals surface area contributed by atoms with Crippen LogP contribution in [0.25, 0.3) is 22.2 Å². The number of para-hydroxylation sites is 1. The van der Waals surface area contributed by atoms with Crippen LogP contribution in [-0.2, 0) is 11.3 Å². The third kappa shape index (κ3) is 4.39. The quantitative estimate of drug-likeness (QED) is 0.226. The highest BCUT2D eigenvalue weighted by atomic mass is 16.3. The minimum Gasteiger partial charge on any atom is -0.465 e. The number of rotatable bonds is 8. The Morgan fingerprint density at radius 1 is 0.975 bits per heavy atom. The molecule has 6 rings (SSSR count). The van der Waals surface area contributed by atoms with Gasteiger partial charge < -0.3 is 19.6 Å². The van der Waals surface area contributed by atoms with E-state index in [0.717, 1.165) is 45.5 Å². The average Bonchev–Trinajstić information content (AvgIpc) is 3.66. The number of fused-ring (bicyclic) bond motifs is 2. The Balaban J connectivity index is 1.51. The Labute approximate surface area is 234 Å². The van der Waals surface area contributed by atoms with E-state index in [1.807, 2.05) is 85.5 Å².